The first kappa shape index (κ1) is 14.7. The predicted molar refractivity (Wildman–Crippen MR) is 86.6 cm³/mol. The summed E-state index contributed by atoms with van der Waals surface area (Å²) in [5, 5.41) is 6.41. The lowest BCUT2D eigenvalue weighted by molar-refractivity contribution is -0.130. The monoisotopic (exact) mass is 312 g/mol. The van der Waals surface area contributed by atoms with Crippen molar-refractivity contribution < 1.29 is 4.79 Å². The molecule has 0 fully saturated rings. The highest BCUT2D eigenvalue weighted by Crippen LogP contribution is 2.28. The smallest absolute Gasteiger partial charge is 0.253 e. The minimum absolute atomic E-state index is 0.00673. The molecule has 0 N–H and O–H groups in total. The van der Waals surface area contributed by atoms with Gasteiger partial charge in [-0.25, -0.2) is 15.0 Å². The summed E-state index contributed by atoms with van der Waals surface area (Å²) in [6, 6.07) is 11.8. The number of hydrazone groups is 1. The van der Waals surface area contributed by atoms with Crippen molar-refractivity contribution in [2.45, 2.75) is 24.5 Å². The van der Waals surface area contributed by atoms with Gasteiger partial charge in [0, 0.05) is 24.5 Å². The molecule has 0 saturated carbocycles. The average molecular weight is 312 g/mol. The Balaban J connectivity index is 1.65. The normalized spacial score (nSPS) is 17.0. The first-order valence-corrected chi connectivity index (χ1v) is 8.04. The molecular weight excluding hydrogens is 296 g/mol. The lowest BCUT2D eigenvalue weighted by Gasteiger charge is -2.21. The topological polar surface area (TPSA) is 58.5 Å². The van der Waals surface area contributed by atoms with Crippen LogP contribution in [-0.4, -0.2) is 32.9 Å². The molecule has 1 atom stereocenters. The third kappa shape index (κ3) is 3.33. The molecule has 22 heavy (non-hydrogen) atoms. The fourth-order valence-electron chi connectivity index (χ4n) is 2.29. The fraction of sp³-hybridized carbons (Fsp3) is 0.250. The summed E-state index contributed by atoms with van der Waals surface area (Å²) in [4.78, 5) is 20.9. The summed E-state index contributed by atoms with van der Waals surface area (Å²) < 4.78 is 0. The number of nitrogens with zero attached hydrogens (tertiary/aromatic N) is 4. The van der Waals surface area contributed by atoms with Crippen LogP contribution in [0.4, 0.5) is 0 Å². The Morgan fingerprint density at radius 1 is 1.32 bits per heavy atom. The molecule has 2 aromatic rings. The molecule has 0 bridgehead atoms. The van der Waals surface area contributed by atoms with E-state index in [1.165, 1.54) is 11.8 Å². The highest BCUT2D eigenvalue weighted by Gasteiger charge is 2.27. The Hall–Kier alpha value is -2.21. The molecule has 0 unspecified atom stereocenters. The summed E-state index contributed by atoms with van der Waals surface area (Å²) in [5.41, 5.74) is 2.00. The van der Waals surface area contributed by atoms with Crippen molar-refractivity contribution >= 4 is 23.9 Å². The quantitative estimate of drug-likeness (QED) is 0.643. The van der Waals surface area contributed by atoms with Crippen LogP contribution in [0.5, 0.6) is 0 Å². The minimum atomic E-state index is -0.0299. The lowest BCUT2D eigenvalue weighted by Crippen LogP contribution is -2.28. The molecule has 0 saturated heterocycles. The van der Waals surface area contributed by atoms with Crippen molar-refractivity contribution in [2.24, 2.45) is 5.10 Å². The summed E-state index contributed by atoms with van der Waals surface area (Å²) in [6.07, 6.45) is 4.25. The van der Waals surface area contributed by atoms with Gasteiger partial charge in [0.15, 0.2) is 5.16 Å². The van der Waals surface area contributed by atoms with E-state index in [1.54, 1.807) is 17.4 Å². The zero-order valence-corrected chi connectivity index (χ0v) is 13.0. The van der Waals surface area contributed by atoms with Crippen LogP contribution in [0.25, 0.3) is 0 Å². The first-order chi connectivity index (χ1) is 10.7. The number of carbonyl (C=O) groups excluding carboxylic acids is 1. The van der Waals surface area contributed by atoms with Gasteiger partial charge in [0.1, 0.15) is 0 Å². The number of aromatic nitrogens is 2. The molecule has 6 heteroatoms. The summed E-state index contributed by atoms with van der Waals surface area (Å²) in [7, 11) is 0. The van der Waals surface area contributed by atoms with Crippen LogP contribution < -0.4 is 0 Å². The molecule has 5 nitrogen and oxygen atoms in total. The van der Waals surface area contributed by atoms with Gasteiger partial charge in [0.2, 0.25) is 0 Å². The third-order valence-electron chi connectivity index (χ3n) is 3.37. The molecule has 0 spiro atoms. The predicted octanol–water partition coefficient (Wildman–Crippen LogP) is 2.84. The Morgan fingerprint density at radius 3 is 2.91 bits per heavy atom. The zero-order chi connectivity index (χ0) is 15.4. The van der Waals surface area contributed by atoms with Crippen LogP contribution in [0.3, 0.4) is 0 Å². The number of hydrogen-bond donors (Lipinski definition) is 0. The lowest BCUT2D eigenvalue weighted by atomic mass is 10.0. The van der Waals surface area contributed by atoms with E-state index in [4.69, 9.17) is 0 Å². The second-order valence-corrected chi connectivity index (χ2v) is 5.91. The minimum Gasteiger partial charge on any atom is -0.272 e. The van der Waals surface area contributed by atoms with Gasteiger partial charge < -0.3 is 0 Å². The van der Waals surface area contributed by atoms with Gasteiger partial charge in [-0.15, -0.1) is 0 Å². The molecule has 1 aliphatic rings. The van der Waals surface area contributed by atoms with Gasteiger partial charge in [-0.05, 0) is 18.6 Å². The number of aryl methyl sites for hydroxylation is 1. The molecule has 1 aliphatic heterocycles. The summed E-state index contributed by atoms with van der Waals surface area (Å²) >= 11 is 1.34. The van der Waals surface area contributed by atoms with Gasteiger partial charge >= 0.3 is 0 Å². The van der Waals surface area contributed by atoms with Gasteiger partial charge in [-0.2, -0.15) is 5.10 Å². The molecule has 112 valence electrons. The van der Waals surface area contributed by atoms with Crippen LogP contribution in [0, 0.1) is 6.92 Å². The molecule has 2 heterocycles. The number of thioether (sulfide) groups is 1. The van der Waals surface area contributed by atoms with Crippen LogP contribution in [0.1, 0.15) is 23.7 Å². The number of rotatable bonds is 4. The van der Waals surface area contributed by atoms with Crippen molar-refractivity contribution in [2.75, 3.05) is 5.75 Å². The molecule has 3 rings (SSSR count). The van der Waals surface area contributed by atoms with Gasteiger partial charge in [-0.3, -0.25) is 4.79 Å². The SMILES string of the molecule is Cc1ccnc(SCC(=O)N2N=CC[C@@H]2c2ccccc2)n1. The summed E-state index contributed by atoms with van der Waals surface area (Å²) in [5.74, 6) is 0.252. The Kier molecular flexibility index (Phi) is 4.48. The molecular formula is C16H16N4OS. The van der Waals surface area contributed by atoms with E-state index in [-0.39, 0.29) is 17.7 Å². The van der Waals surface area contributed by atoms with E-state index in [1.807, 2.05) is 43.3 Å². The molecule has 0 aliphatic carbocycles. The van der Waals surface area contributed by atoms with Crippen molar-refractivity contribution in [3.8, 4) is 0 Å². The average Bonchev–Trinajstić information content (AvgIpc) is 3.03. The number of carbonyl (C=O) groups is 1. The maximum absolute atomic E-state index is 12.4. The standard InChI is InChI=1S/C16H16N4OS/c1-12-7-9-17-16(19-12)22-11-15(21)20-14(8-10-18-20)13-5-3-2-4-6-13/h2-7,9-10,14H,8,11H2,1H3/t14-/m1/s1. The number of amides is 1. The number of hydrogen-bond acceptors (Lipinski definition) is 5. The highest BCUT2D eigenvalue weighted by atomic mass is 32.2. The van der Waals surface area contributed by atoms with E-state index in [0.29, 0.717) is 5.16 Å². The maximum atomic E-state index is 12.4. The van der Waals surface area contributed by atoms with Crippen molar-refractivity contribution in [1.29, 1.82) is 0 Å². The van der Waals surface area contributed by atoms with E-state index < -0.39 is 0 Å². The Bertz CT molecular complexity index is 690. The second kappa shape index (κ2) is 6.70. The van der Waals surface area contributed by atoms with Crippen LogP contribution in [-0.2, 0) is 4.79 Å². The van der Waals surface area contributed by atoms with Gasteiger partial charge in [0.25, 0.3) is 5.91 Å². The van der Waals surface area contributed by atoms with E-state index >= 15 is 0 Å². The van der Waals surface area contributed by atoms with E-state index in [2.05, 4.69) is 15.1 Å². The van der Waals surface area contributed by atoms with E-state index in [9.17, 15) is 4.79 Å². The van der Waals surface area contributed by atoms with E-state index in [0.717, 1.165) is 17.7 Å². The first-order valence-electron chi connectivity index (χ1n) is 7.06. The molecule has 1 amide bonds. The van der Waals surface area contributed by atoms with Gasteiger partial charge in [0.05, 0.1) is 11.8 Å². The largest absolute Gasteiger partial charge is 0.272 e. The zero-order valence-electron chi connectivity index (χ0n) is 12.2. The summed E-state index contributed by atoms with van der Waals surface area (Å²) in [6.45, 7) is 1.91. The molecule has 1 aromatic heterocycles. The highest BCUT2D eigenvalue weighted by molar-refractivity contribution is 7.99. The van der Waals surface area contributed by atoms with Crippen LogP contribution in [0.15, 0.2) is 52.9 Å². The molecule has 0 radical (unpaired) electrons. The Morgan fingerprint density at radius 2 is 2.14 bits per heavy atom. The second-order valence-electron chi connectivity index (χ2n) is 4.97. The Labute approximate surface area is 133 Å². The van der Waals surface area contributed by atoms with Gasteiger partial charge in [-0.1, -0.05) is 42.1 Å². The third-order valence-corrected chi connectivity index (χ3v) is 4.21. The fourth-order valence-corrected chi connectivity index (χ4v) is 3.02. The van der Waals surface area contributed by atoms with Crippen molar-refractivity contribution in [3.63, 3.8) is 0 Å². The van der Waals surface area contributed by atoms with Crippen molar-refractivity contribution in [1.82, 2.24) is 15.0 Å². The van der Waals surface area contributed by atoms with Crippen LogP contribution >= 0.6 is 11.8 Å². The maximum Gasteiger partial charge on any atom is 0.253 e. The van der Waals surface area contributed by atoms with Crippen molar-refractivity contribution in [3.05, 3.63) is 53.9 Å². The molecule has 1 aromatic carbocycles. The number of benzene rings is 1. The van der Waals surface area contributed by atoms with Crippen LogP contribution in [0.2, 0.25) is 0 Å².